The van der Waals surface area contributed by atoms with Crippen LogP contribution in [0.25, 0.3) is 143 Å². The van der Waals surface area contributed by atoms with Crippen molar-refractivity contribution in [2.75, 3.05) is 9.80 Å². The van der Waals surface area contributed by atoms with Crippen LogP contribution in [-0.2, 0) is 21.7 Å². The van der Waals surface area contributed by atoms with Crippen LogP contribution >= 0.6 is 0 Å². The maximum absolute atomic E-state index is 10.3. The monoisotopic (exact) mass is 1550 g/mol. The zero-order chi connectivity index (χ0) is 94.8. The van der Waals surface area contributed by atoms with Crippen LogP contribution in [0.5, 0.6) is 0 Å². The Labute approximate surface area is 718 Å². The van der Waals surface area contributed by atoms with Crippen molar-refractivity contribution in [3.8, 4) is 56.1 Å². The van der Waals surface area contributed by atoms with Crippen molar-refractivity contribution in [3.05, 3.63) is 384 Å². The Morgan fingerprint density at radius 2 is 0.647 bits per heavy atom. The van der Waals surface area contributed by atoms with Crippen molar-refractivity contribution in [2.24, 2.45) is 0 Å². The van der Waals surface area contributed by atoms with Crippen LogP contribution in [0.3, 0.4) is 0 Å². The first-order valence-electron chi connectivity index (χ1n) is 48.9. The summed E-state index contributed by atoms with van der Waals surface area (Å²) in [4.78, 5) is 4.61. The molecule has 1 atom stereocenters. The van der Waals surface area contributed by atoms with Gasteiger partial charge in [0.15, 0.2) is 0 Å². The average Bonchev–Trinajstić information content (AvgIpc) is 1.60. The van der Waals surface area contributed by atoms with Crippen molar-refractivity contribution in [3.63, 3.8) is 0 Å². The number of rotatable bonds is 9. The second kappa shape index (κ2) is 26.4. The first-order valence-corrected chi connectivity index (χ1v) is 40.9. The van der Waals surface area contributed by atoms with Gasteiger partial charge in [-0.1, -0.05) is 307 Å². The topological polar surface area (TPSA) is 26.2 Å². The van der Waals surface area contributed by atoms with Crippen LogP contribution in [-0.4, -0.2) is 18.3 Å². The van der Waals surface area contributed by atoms with Crippen LogP contribution < -0.4 is 9.80 Å². The normalized spacial score (nSPS) is 15.6. The summed E-state index contributed by atoms with van der Waals surface area (Å²) in [6.45, 7) is 26.8. The third-order valence-electron chi connectivity index (χ3n) is 24.8. The van der Waals surface area contributed by atoms with E-state index in [2.05, 4.69) is 242 Å². The standard InChI is InChI=1S/C113H94N6/c1-110(2,3)76-51-56-98-92(65-76)93-66-77(111(4,5)6)52-57-99(93)114(98)81-53-55-91-103(67-81)116(82-61-73(70-32-16-13-17-33-70)58-74(62-82)71-34-18-14-19-35-71)104-68-83(115-94-44-26-22-38-84(94)85-39-23-27-45-95(85)115)69-105-107(104)106(91)90-54-50-72(75-59-78(112(7,8)9)64-79(60-75)113(10,11)12)63-102(90)119(105)101-49-31-43-89-88-42-30-48-100(108(88)117(109(89)101)80-36-20-15-21-37-80)118-96-46-28-24-40-86(96)87-41-25-29-47-97(87)118/h13-69,106H,1-12H3/i22D,23D,24D,25D,26D,27D,28D,29D,38D,39D,40D,41D,44D,45D,46D,47D. The zero-order valence-electron chi connectivity index (χ0n) is 84.4. The SMILES string of the molecule is [2H]c1c([2H])c([2H])c2c(c1[2H])c1c([2H])c([2H])c([2H])c([2H])c1n2-c1cc2c3c(c1)N(c1cccc4c5cccc(-n6c7c([2H])c([2H])c([2H])c([2H])c7c7c([2H])c([2H])c([2H])c([2H])c76)c5n(-c5ccccc5)c14)c1cc(-c4cc(C(C)(C)C)cc(C(C)(C)C)c4)ccc1C3c1ccc(-n3c4ccc(C(C)(C)C)cc4c4cc(C(C)(C)C)ccc43)cc1N2c1cc(-c2ccccc2)cc(-c2ccccc2)c1. The number of hydrogen-bond acceptors (Lipinski definition) is 2. The van der Waals surface area contributed by atoms with E-state index in [1.165, 1.54) is 11.1 Å². The van der Waals surface area contributed by atoms with Gasteiger partial charge in [0.25, 0.3) is 0 Å². The van der Waals surface area contributed by atoms with E-state index in [0.717, 1.165) is 106 Å². The quantitative estimate of drug-likeness (QED) is 0.144. The first kappa shape index (κ1) is 56.6. The van der Waals surface area contributed by atoms with Gasteiger partial charge in [0.2, 0.25) is 0 Å². The number of nitrogens with zero attached hydrogens (tertiary/aromatic N) is 6. The molecule has 16 aromatic carbocycles. The summed E-state index contributed by atoms with van der Waals surface area (Å²) in [6, 6.07) is 78.7. The average molecular weight is 1550 g/mol. The van der Waals surface area contributed by atoms with E-state index >= 15 is 0 Å². The lowest BCUT2D eigenvalue weighted by molar-refractivity contribution is 0.569. The van der Waals surface area contributed by atoms with Gasteiger partial charge in [-0.25, -0.2) is 0 Å². The van der Waals surface area contributed by atoms with Gasteiger partial charge >= 0.3 is 0 Å². The van der Waals surface area contributed by atoms with E-state index in [0.29, 0.717) is 50.2 Å². The summed E-state index contributed by atoms with van der Waals surface area (Å²) in [7, 11) is 0. The predicted molar refractivity (Wildman–Crippen MR) is 505 cm³/mol. The Morgan fingerprint density at radius 3 is 1.15 bits per heavy atom. The molecule has 0 spiro atoms. The minimum atomic E-state index is -0.684. The molecule has 0 radical (unpaired) electrons. The lowest BCUT2D eigenvalue weighted by atomic mass is 9.74. The van der Waals surface area contributed by atoms with Gasteiger partial charge in [-0.15, -0.1) is 0 Å². The molecule has 119 heavy (non-hydrogen) atoms. The van der Waals surface area contributed by atoms with Crippen molar-refractivity contribution in [2.45, 2.75) is 111 Å². The predicted octanol–water partition coefficient (Wildman–Crippen LogP) is 31.0. The Morgan fingerprint density at radius 1 is 0.227 bits per heavy atom. The summed E-state index contributed by atoms with van der Waals surface area (Å²) in [5.41, 5.74) is 20.6. The fourth-order valence-corrected chi connectivity index (χ4v) is 18.8. The van der Waals surface area contributed by atoms with Gasteiger partial charge in [-0.2, -0.15) is 0 Å². The van der Waals surface area contributed by atoms with Crippen LogP contribution in [0.15, 0.2) is 345 Å². The summed E-state index contributed by atoms with van der Waals surface area (Å²) < 4.78 is 163. The summed E-state index contributed by atoms with van der Waals surface area (Å²) in [5, 5.41) is 3.19. The van der Waals surface area contributed by atoms with Crippen molar-refractivity contribution < 1.29 is 21.9 Å². The third-order valence-corrected chi connectivity index (χ3v) is 24.8. The van der Waals surface area contributed by atoms with E-state index < -0.39 is 103 Å². The largest absolute Gasteiger partial charge is 0.310 e. The molecule has 576 valence electrons. The second-order valence-corrected chi connectivity index (χ2v) is 36.2. The highest BCUT2D eigenvalue weighted by atomic mass is 15.2. The first-order chi connectivity index (χ1) is 64.2. The fraction of sp³-hybridized carbons (Fsp3) is 0.150. The highest BCUT2D eigenvalue weighted by Gasteiger charge is 2.44. The molecule has 1 unspecified atom stereocenters. The maximum Gasteiger partial charge on any atom is 0.0783 e. The van der Waals surface area contributed by atoms with Crippen molar-refractivity contribution >= 4 is 121 Å². The molecule has 20 aromatic rings. The van der Waals surface area contributed by atoms with E-state index in [1.807, 2.05) is 109 Å². The zero-order valence-corrected chi connectivity index (χ0v) is 68.4. The molecule has 6 heterocycles. The van der Waals surface area contributed by atoms with Crippen LogP contribution in [0.1, 0.15) is 150 Å². The summed E-state index contributed by atoms with van der Waals surface area (Å²) in [5.74, 6) is -0.684. The minimum absolute atomic E-state index is 0.0564. The molecule has 0 amide bonds. The lowest BCUT2D eigenvalue weighted by Crippen LogP contribution is -2.30. The highest BCUT2D eigenvalue weighted by Crippen LogP contribution is 2.64. The summed E-state index contributed by atoms with van der Waals surface area (Å²) in [6.07, 6.45) is 0. The Hall–Kier alpha value is -13.7. The molecule has 0 bridgehead atoms. The maximum atomic E-state index is 10.3. The molecule has 0 saturated heterocycles. The van der Waals surface area contributed by atoms with E-state index in [1.54, 1.807) is 9.13 Å². The number of fused-ring (bicyclic) bond motifs is 16. The third kappa shape index (κ3) is 11.3. The molecule has 2 aliphatic rings. The number of para-hydroxylation sites is 7. The molecule has 4 aromatic heterocycles. The Balaban J connectivity index is 0.954. The lowest BCUT2D eigenvalue weighted by Gasteiger charge is -2.46. The smallest absolute Gasteiger partial charge is 0.0783 e. The molecule has 0 N–H and O–H groups in total. The number of hydrogen-bond donors (Lipinski definition) is 0. The van der Waals surface area contributed by atoms with Gasteiger partial charge in [0, 0.05) is 71.6 Å². The molecule has 22 rings (SSSR count). The second-order valence-electron chi connectivity index (χ2n) is 36.2. The minimum Gasteiger partial charge on any atom is -0.310 e. The van der Waals surface area contributed by atoms with Gasteiger partial charge in [-0.05, 0) is 210 Å². The van der Waals surface area contributed by atoms with E-state index in [-0.39, 0.29) is 71.0 Å². The van der Waals surface area contributed by atoms with Crippen molar-refractivity contribution in [1.82, 2.24) is 18.3 Å². The van der Waals surface area contributed by atoms with Crippen LogP contribution in [0, 0.1) is 0 Å². The number of anilines is 6. The highest BCUT2D eigenvalue weighted by molar-refractivity contribution is 6.19. The van der Waals surface area contributed by atoms with Crippen LogP contribution in [0.2, 0.25) is 0 Å². The fourth-order valence-electron chi connectivity index (χ4n) is 18.8. The number of aromatic nitrogens is 4. The number of benzene rings is 16. The molecule has 0 aliphatic carbocycles. The summed E-state index contributed by atoms with van der Waals surface area (Å²) >= 11 is 0. The Bertz CT molecular complexity index is 8300. The van der Waals surface area contributed by atoms with Gasteiger partial charge in [-0.3, -0.25) is 0 Å². The Kier molecular flexibility index (Phi) is 12.6. The van der Waals surface area contributed by atoms with Gasteiger partial charge in [0.1, 0.15) is 0 Å². The molecular weight excluding hydrogens is 1440 g/mol. The van der Waals surface area contributed by atoms with Gasteiger partial charge in [0.05, 0.1) is 106 Å². The molecule has 2 aliphatic heterocycles. The molecule has 0 saturated carbocycles. The van der Waals surface area contributed by atoms with E-state index in [4.69, 9.17) is 2.74 Å². The van der Waals surface area contributed by atoms with Gasteiger partial charge < -0.3 is 28.1 Å². The molecule has 6 heteroatoms. The van der Waals surface area contributed by atoms with Crippen LogP contribution in [0.4, 0.5) is 34.1 Å². The molecular formula is C113H94N6. The van der Waals surface area contributed by atoms with E-state index in [9.17, 15) is 19.2 Å². The molecule has 0 fully saturated rings. The molecule has 6 nitrogen and oxygen atoms in total. The van der Waals surface area contributed by atoms with Crippen molar-refractivity contribution in [1.29, 1.82) is 0 Å².